The summed E-state index contributed by atoms with van der Waals surface area (Å²) in [7, 11) is 0. The first-order valence-electron chi connectivity index (χ1n) is 9.60. The molecule has 3 rings (SSSR count). The number of nitrogens with zero attached hydrogens (tertiary/aromatic N) is 2. The van der Waals surface area contributed by atoms with Crippen molar-refractivity contribution in [2.24, 2.45) is 11.2 Å². The first kappa shape index (κ1) is 21.6. The fourth-order valence-corrected chi connectivity index (χ4v) is 3.44. The lowest BCUT2D eigenvalue weighted by molar-refractivity contribution is 0.312. The molecule has 1 fully saturated rings. The van der Waals surface area contributed by atoms with Crippen molar-refractivity contribution < 1.29 is 0 Å². The smallest absolute Gasteiger partial charge is 0.0662 e. The molecule has 1 aromatic carbocycles. The summed E-state index contributed by atoms with van der Waals surface area (Å²) in [5, 5.41) is 4.79. The average molecular weight is 321 g/mol. The Bertz CT molecular complexity index is 414. The Kier molecular flexibility index (Phi) is 12.3. The Balaban J connectivity index is 0.000000728. The molecule has 3 heteroatoms. The molecule has 1 aliphatic carbocycles. The first-order chi connectivity index (χ1) is 11.4. The van der Waals surface area contributed by atoms with E-state index in [9.17, 15) is 4.91 Å². The molecule has 1 unspecified atom stereocenters. The molecule has 1 saturated carbocycles. The Morgan fingerprint density at radius 3 is 2.04 bits per heavy atom. The summed E-state index contributed by atoms with van der Waals surface area (Å²) >= 11 is 0. The molecule has 1 heterocycles. The van der Waals surface area contributed by atoms with Gasteiger partial charge in [-0.25, -0.2) is 5.01 Å². The van der Waals surface area contributed by atoms with Gasteiger partial charge in [-0.1, -0.05) is 79.0 Å². The van der Waals surface area contributed by atoms with Gasteiger partial charge in [0.2, 0.25) is 0 Å². The molecule has 0 N–H and O–H groups in total. The summed E-state index contributed by atoms with van der Waals surface area (Å²) in [5.41, 5.74) is 2.36. The monoisotopic (exact) mass is 320 g/mol. The second-order valence-corrected chi connectivity index (χ2v) is 5.23. The van der Waals surface area contributed by atoms with Gasteiger partial charge in [0.25, 0.3) is 0 Å². The van der Waals surface area contributed by atoms with E-state index < -0.39 is 0 Å². The van der Waals surface area contributed by atoms with E-state index in [0.29, 0.717) is 5.92 Å². The number of anilines is 1. The zero-order chi connectivity index (χ0) is 17.7. The molecule has 132 valence electrons. The minimum atomic E-state index is 0.518. The third kappa shape index (κ3) is 5.63. The molecule has 0 radical (unpaired) electrons. The van der Waals surface area contributed by atoms with Crippen LogP contribution in [0.5, 0.6) is 0 Å². The summed E-state index contributed by atoms with van der Waals surface area (Å²) in [4.78, 5) is 10.9. The molecule has 1 aromatic rings. The molecule has 0 saturated heterocycles. The number of hydrogen-bond donors (Lipinski definition) is 0. The van der Waals surface area contributed by atoms with Crippen LogP contribution in [-0.2, 0) is 0 Å². The van der Waals surface area contributed by atoms with E-state index in [0.717, 1.165) is 18.2 Å². The number of hydrogen-bond acceptors (Lipinski definition) is 2. The summed E-state index contributed by atoms with van der Waals surface area (Å²) in [5.74, 6) is 1.26. The highest BCUT2D eigenvalue weighted by atomic mass is 16.3. The highest BCUT2D eigenvalue weighted by Gasteiger charge is 2.35. The lowest BCUT2D eigenvalue weighted by atomic mass is 9.78. The molecule has 1 aliphatic heterocycles. The normalized spacial score (nSPS) is 19.0. The van der Waals surface area contributed by atoms with Crippen molar-refractivity contribution in [3.63, 3.8) is 0 Å². The topological polar surface area (TPSA) is 32.7 Å². The zero-order valence-electron chi connectivity index (χ0n) is 16.0. The average Bonchev–Trinajstić information content (AvgIpc) is 3.06. The predicted molar refractivity (Wildman–Crippen MR) is 103 cm³/mol. The number of benzene rings is 1. The van der Waals surface area contributed by atoms with E-state index >= 15 is 0 Å². The van der Waals surface area contributed by atoms with Gasteiger partial charge in [0.1, 0.15) is 0 Å². The van der Waals surface area contributed by atoms with Crippen LogP contribution in [0.1, 0.15) is 85.1 Å². The second-order valence-electron chi connectivity index (χ2n) is 5.23. The molecule has 2 aliphatic rings. The van der Waals surface area contributed by atoms with E-state index in [1.165, 1.54) is 37.7 Å². The van der Waals surface area contributed by atoms with Crippen LogP contribution in [0.25, 0.3) is 0 Å². The molecular formula is C20H36N2O. The maximum absolute atomic E-state index is 10.9. The van der Waals surface area contributed by atoms with E-state index in [-0.39, 0.29) is 0 Å². The fraction of sp³-hybridized carbons (Fsp3) is 0.700. The molecule has 0 amide bonds. The van der Waals surface area contributed by atoms with Gasteiger partial charge in [0, 0.05) is 5.92 Å². The van der Waals surface area contributed by atoms with Gasteiger partial charge in [-0.05, 0) is 30.4 Å². The standard InChI is InChI=1S/C14H18N2O.3C2H6/c17-15-16-10-13(11-6-2-1-3-7-11)12-8-4-5-9-14(12)16;3*1-2/h4-5,8-9,11,13H,1-3,6-7,10H2;3*1-2H3. The summed E-state index contributed by atoms with van der Waals surface area (Å²) in [6, 6.07) is 8.24. The van der Waals surface area contributed by atoms with E-state index in [1.807, 2.05) is 53.7 Å². The third-order valence-electron chi connectivity index (χ3n) is 4.30. The highest BCUT2D eigenvalue weighted by Crippen LogP contribution is 2.44. The van der Waals surface area contributed by atoms with Gasteiger partial charge in [-0.3, -0.25) is 0 Å². The number of rotatable bonds is 2. The van der Waals surface area contributed by atoms with Gasteiger partial charge < -0.3 is 0 Å². The van der Waals surface area contributed by atoms with Crippen LogP contribution in [0.4, 0.5) is 5.69 Å². The number of para-hydroxylation sites is 1. The van der Waals surface area contributed by atoms with Gasteiger partial charge >= 0.3 is 0 Å². The summed E-state index contributed by atoms with van der Waals surface area (Å²) < 4.78 is 0. The lowest BCUT2D eigenvalue weighted by Gasteiger charge is -2.27. The van der Waals surface area contributed by atoms with Crippen LogP contribution in [0.3, 0.4) is 0 Å². The van der Waals surface area contributed by atoms with Crippen LogP contribution in [0.2, 0.25) is 0 Å². The Morgan fingerprint density at radius 1 is 0.913 bits per heavy atom. The minimum Gasteiger partial charge on any atom is -0.228 e. The molecule has 1 atom stereocenters. The minimum absolute atomic E-state index is 0.518. The quantitative estimate of drug-likeness (QED) is 0.553. The van der Waals surface area contributed by atoms with Crippen molar-refractivity contribution in [1.82, 2.24) is 0 Å². The van der Waals surface area contributed by atoms with Gasteiger partial charge in [-0.2, -0.15) is 0 Å². The molecule has 0 aromatic heterocycles. The zero-order valence-corrected chi connectivity index (χ0v) is 16.0. The highest BCUT2D eigenvalue weighted by molar-refractivity contribution is 5.59. The molecule has 3 nitrogen and oxygen atoms in total. The SMILES string of the molecule is CC.CC.CC.O=NN1CC(C2CCCCC2)c2ccccc21. The fourth-order valence-electron chi connectivity index (χ4n) is 3.44. The van der Waals surface area contributed by atoms with Crippen molar-refractivity contribution >= 4 is 5.69 Å². The van der Waals surface area contributed by atoms with Gasteiger partial charge in [0.15, 0.2) is 0 Å². The van der Waals surface area contributed by atoms with Crippen molar-refractivity contribution in [2.45, 2.75) is 79.6 Å². The number of fused-ring (bicyclic) bond motifs is 1. The van der Waals surface area contributed by atoms with Crippen molar-refractivity contribution in [3.05, 3.63) is 34.7 Å². The van der Waals surface area contributed by atoms with Gasteiger partial charge in [-0.15, -0.1) is 4.91 Å². The summed E-state index contributed by atoms with van der Waals surface area (Å²) in [6.07, 6.45) is 6.69. The Hall–Kier alpha value is -1.38. The molecule has 23 heavy (non-hydrogen) atoms. The van der Waals surface area contributed by atoms with E-state index in [1.54, 1.807) is 5.01 Å². The maximum atomic E-state index is 10.9. The Morgan fingerprint density at radius 2 is 1.48 bits per heavy atom. The Labute approximate surface area is 143 Å². The van der Waals surface area contributed by atoms with Gasteiger partial charge in [0.05, 0.1) is 17.5 Å². The van der Waals surface area contributed by atoms with Crippen LogP contribution in [0.15, 0.2) is 29.6 Å². The van der Waals surface area contributed by atoms with Crippen LogP contribution in [0, 0.1) is 10.8 Å². The maximum Gasteiger partial charge on any atom is 0.0662 e. The van der Waals surface area contributed by atoms with Crippen LogP contribution < -0.4 is 5.01 Å². The first-order valence-corrected chi connectivity index (χ1v) is 9.60. The predicted octanol–water partition coefficient (Wildman–Crippen LogP) is 6.93. The van der Waals surface area contributed by atoms with Crippen molar-refractivity contribution in [2.75, 3.05) is 11.6 Å². The van der Waals surface area contributed by atoms with E-state index in [4.69, 9.17) is 0 Å². The molecule has 0 spiro atoms. The largest absolute Gasteiger partial charge is 0.228 e. The lowest BCUT2D eigenvalue weighted by Crippen LogP contribution is -2.21. The third-order valence-corrected chi connectivity index (χ3v) is 4.30. The van der Waals surface area contributed by atoms with Crippen molar-refractivity contribution in [3.8, 4) is 0 Å². The van der Waals surface area contributed by atoms with Crippen LogP contribution in [-0.4, -0.2) is 6.54 Å². The van der Waals surface area contributed by atoms with E-state index in [2.05, 4.69) is 17.4 Å². The van der Waals surface area contributed by atoms with Crippen molar-refractivity contribution in [1.29, 1.82) is 0 Å². The number of nitroso groups, excluding NO2 is 1. The second kappa shape index (κ2) is 13.1. The molecule has 0 bridgehead atoms. The summed E-state index contributed by atoms with van der Waals surface area (Å²) in [6.45, 7) is 12.8. The van der Waals surface area contributed by atoms with Crippen LogP contribution >= 0.6 is 0 Å². The molecular weight excluding hydrogens is 284 g/mol.